The van der Waals surface area contributed by atoms with Gasteiger partial charge in [0.2, 0.25) is 0 Å². The molecule has 0 radical (unpaired) electrons. The topological polar surface area (TPSA) is 75.3 Å². The number of aliphatic hydroxyl groups is 1. The van der Waals surface area contributed by atoms with Gasteiger partial charge in [0.25, 0.3) is 0 Å². The predicted molar refractivity (Wildman–Crippen MR) is 68.9 cm³/mol. The number of hydrogen-bond donors (Lipinski definition) is 2. The summed E-state index contributed by atoms with van der Waals surface area (Å²) in [4.78, 5) is 10.5. The van der Waals surface area contributed by atoms with Crippen molar-refractivity contribution < 1.29 is 5.11 Å². The fourth-order valence-electron chi connectivity index (χ4n) is 1.85. The van der Waals surface area contributed by atoms with Crippen LogP contribution in [-0.4, -0.2) is 34.8 Å². The molecule has 5 nitrogen and oxygen atoms in total. The van der Waals surface area contributed by atoms with Gasteiger partial charge in [0.1, 0.15) is 12.1 Å². The maximum absolute atomic E-state index is 9.04. The van der Waals surface area contributed by atoms with Gasteiger partial charge in [0.15, 0.2) is 0 Å². The largest absolute Gasteiger partial charge is 0.399 e. The summed E-state index contributed by atoms with van der Waals surface area (Å²) in [6.07, 6.45) is 1.52. The summed E-state index contributed by atoms with van der Waals surface area (Å²) >= 11 is 0. The zero-order chi connectivity index (χ0) is 12.3. The van der Waals surface area contributed by atoms with Gasteiger partial charge in [-0.25, -0.2) is 9.97 Å². The standard InChI is InChI=1S/C12H16N4O/c1-2-16(5-6-17)12-10-4-3-9(13)7-11(10)14-8-15-12/h3-4,7-8,17H,2,5-6,13H2,1H3. The molecule has 90 valence electrons. The quantitative estimate of drug-likeness (QED) is 0.770. The van der Waals surface area contributed by atoms with Crippen LogP contribution in [0, 0.1) is 0 Å². The molecule has 17 heavy (non-hydrogen) atoms. The Bertz CT molecular complexity index is 515. The average molecular weight is 232 g/mol. The van der Waals surface area contributed by atoms with Crippen LogP contribution < -0.4 is 10.6 Å². The number of aliphatic hydroxyl groups excluding tert-OH is 1. The minimum atomic E-state index is 0.105. The van der Waals surface area contributed by atoms with Crippen molar-refractivity contribution in [1.29, 1.82) is 0 Å². The van der Waals surface area contributed by atoms with E-state index in [0.717, 1.165) is 23.3 Å². The molecule has 2 rings (SSSR count). The van der Waals surface area contributed by atoms with Crippen LogP contribution in [0.2, 0.25) is 0 Å². The first-order chi connectivity index (χ1) is 8.26. The van der Waals surface area contributed by atoms with E-state index in [9.17, 15) is 0 Å². The van der Waals surface area contributed by atoms with Crippen molar-refractivity contribution in [3.05, 3.63) is 24.5 Å². The van der Waals surface area contributed by atoms with Gasteiger partial charge in [-0.05, 0) is 25.1 Å². The molecule has 0 aliphatic heterocycles. The Kier molecular flexibility index (Phi) is 3.39. The predicted octanol–water partition coefficient (Wildman–Crippen LogP) is 1.03. The van der Waals surface area contributed by atoms with E-state index in [1.807, 2.05) is 30.0 Å². The summed E-state index contributed by atoms with van der Waals surface area (Å²) in [7, 11) is 0. The Morgan fingerprint density at radius 3 is 2.88 bits per heavy atom. The lowest BCUT2D eigenvalue weighted by Crippen LogP contribution is -2.27. The third-order valence-corrected chi connectivity index (χ3v) is 2.69. The number of benzene rings is 1. The van der Waals surface area contributed by atoms with Crippen LogP contribution in [0.1, 0.15) is 6.92 Å². The molecule has 0 bridgehead atoms. The van der Waals surface area contributed by atoms with Crippen molar-refractivity contribution in [3.63, 3.8) is 0 Å². The minimum absolute atomic E-state index is 0.105. The van der Waals surface area contributed by atoms with Crippen molar-refractivity contribution in [2.24, 2.45) is 0 Å². The molecule has 1 heterocycles. The van der Waals surface area contributed by atoms with Crippen LogP contribution in [0.3, 0.4) is 0 Å². The van der Waals surface area contributed by atoms with Crippen LogP contribution in [0.25, 0.3) is 10.9 Å². The summed E-state index contributed by atoms with van der Waals surface area (Å²) in [6.45, 7) is 3.49. The van der Waals surface area contributed by atoms with E-state index in [-0.39, 0.29) is 6.61 Å². The average Bonchev–Trinajstić information content (AvgIpc) is 2.35. The number of fused-ring (bicyclic) bond motifs is 1. The van der Waals surface area contributed by atoms with Gasteiger partial charge in [0.05, 0.1) is 12.1 Å². The highest BCUT2D eigenvalue weighted by molar-refractivity contribution is 5.91. The van der Waals surface area contributed by atoms with Crippen molar-refractivity contribution in [2.75, 3.05) is 30.3 Å². The van der Waals surface area contributed by atoms with E-state index >= 15 is 0 Å². The summed E-state index contributed by atoms with van der Waals surface area (Å²) in [5.74, 6) is 0.839. The molecule has 0 fully saturated rings. The molecule has 0 atom stereocenters. The van der Waals surface area contributed by atoms with Crippen LogP contribution in [-0.2, 0) is 0 Å². The van der Waals surface area contributed by atoms with Gasteiger partial charge in [-0.3, -0.25) is 0 Å². The van der Waals surface area contributed by atoms with Gasteiger partial charge in [-0.15, -0.1) is 0 Å². The Balaban J connectivity index is 2.53. The van der Waals surface area contributed by atoms with Gasteiger partial charge >= 0.3 is 0 Å². The Hall–Kier alpha value is -1.88. The Morgan fingerprint density at radius 2 is 2.18 bits per heavy atom. The first kappa shape index (κ1) is 11.6. The van der Waals surface area contributed by atoms with Gasteiger partial charge < -0.3 is 15.7 Å². The summed E-state index contributed by atoms with van der Waals surface area (Å²) in [5, 5.41) is 10.00. The second kappa shape index (κ2) is 4.97. The van der Waals surface area contributed by atoms with Crippen molar-refractivity contribution in [1.82, 2.24) is 9.97 Å². The zero-order valence-corrected chi connectivity index (χ0v) is 9.80. The van der Waals surface area contributed by atoms with Crippen molar-refractivity contribution in [2.45, 2.75) is 6.92 Å². The maximum Gasteiger partial charge on any atom is 0.139 e. The van der Waals surface area contributed by atoms with Crippen molar-refractivity contribution >= 4 is 22.4 Å². The fraction of sp³-hybridized carbons (Fsp3) is 0.333. The molecule has 3 N–H and O–H groups in total. The molecule has 1 aromatic carbocycles. The lowest BCUT2D eigenvalue weighted by Gasteiger charge is -2.21. The minimum Gasteiger partial charge on any atom is -0.399 e. The van der Waals surface area contributed by atoms with E-state index in [1.54, 1.807) is 0 Å². The first-order valence-electron chi connectivity index (χ1n) is 5.62. The number of likely N-dealkylation sites (N-methyl/N-ethyl adjacent to an activating group) is 1. The van der Waals surface area contributed by atoms with E-state index < -0.39 is 0 Å². The highest BCUT2D eigenvalue weighted by Gasteiger charge is 2.10. The van der Waals surface area contributed by atoms with Crippen molar-refractivity contribution in [3.8, 4) is 0 Å². The Labute approximate surface area is 99.9 Å². The highest BCUT2D eigenvalue weighted by Crippen LogP contribution is 2.24. The molecule has 5 heteroatoms. The number of nitrogen functional groups attached to an aromatic ring is 1. The van der Waals surface area contributed by atoms with E-state index in [1.165, 1.54) is 6.33 Å². The van der Waals surface area contributed by atoms with E-state index in [4.69, 9.17) is 10.8 Å². The molecule has 2 aromatic rings. The second-order valence-corrected chi connectivity index (χ2v) is 3.78. The summed E-state index contributed by atoms with van der Waals surface area (Å²) < 4.78 is 0. The third-order valence-electron chi connectivity index (χ3n) is 2.69. The van der Waals surface area contributed by atoms with Gasteiger partial charge in [-0.1, -0.05) is 0 Å². The molecular formula is C12H16N4O. The summed E-state index contributed by atoms with van der Waals surface area (Å²) in [5.41, 5.74) is 7.24. The molecule has 0 aliphatic carbocycles. The van der Waals surface area contributed by atoms with Crippen LogP contribution >= 0.6 is 0 Å². The smallest absolute Gasteiger partial charge is 0.139 e. The molecule has 1 aromatic heterocycles. The molecule has 0 spiro atoms. The molecule has 0 aliphatic rings. The fourth-order valence-corrected chi connectivity index (χ4v) is 1.85. The van der Waals surface area contributed by atoms with E-state index in [0.29, 0.717) is 12.2 Å². The lowest BCUT2D eigenvalue weighted by atomic mass is 10.2. The van der Waals surface area contributed by atoms with E-state index in [2.05, 4.69) is 9.97 Å². The number of aromatic nitrogens is 2. The molecule has 0 amide bonds. The molecule has 0 unspecified atom stereocenters. The van der Waals surface area contributed by atoms with Gasteiger partial charge in [-0.2, -0.15) is 0 Å². The normalized spacial score (nSPS) is 10.7. The molecule has 0 saturated heterocycles. The number of rotatable bonds is 4. The number of hydrogen-bond acceptors (Lipinski definition) is 5. The molecule has 0 saturated carbocycles. The van der Waals surface area contributed by atoms with Crippen LogP contribution in [0.5, 0.6) is 0 Å². The highest BCUT2D eigenvalue weighted by atomic mass is 16.3. The summed E-state index contributed by atoms with van der Waals surface area (Å²) in [6, 6.07) is 5.58. The van der Waals surface area contributed by atoms with Crippen LogP contribution in [0.4, 0.5) is 11.5 Å². The zero-order valence-electron chi connectivity index (χ0n) is 9.80. The van der Waals surface area contributed by atoms with Crippen LogP contribution in [0.15, 0.2) is 24.5 Å². The molecular weight excluding hydrogens is 216 g/mol. The van der Waals surface area contributed by atoms with Gasteiger partial charge in [0, 0.05) is 24.2 Å². The monoisotopic (exact) mass is 232 g/mol. The number of nitrogens with two attached hydrogens (primary N) is 1. The lowest BCUT2D eigenvalue weighted by molar-refractivity contribution is 0.302. The number of anilines is 2. The number of nitrogens with zero attached hydrogens (tertiary/aromatic N) is 3. The third kappa shape index (κ3) is 2.29. The second-order valence-electron chi connectivity index (χ2n) is 3.78. The Morgan fingerprint density at radius 1 is 1.35 bits per heavy atom. The SMILES string of the molecule is CCN(CCO)c1ncnc2cc(N)ccc12. The first-order valence-corrected chi connectivity index (χ1v) is 5.62. The maximum atomic E-state index is 9.04.